The molecule has 104 valence electrons. The van der Waals surface area contributed by atoms with Gasteiger partial charge in [0.25, 0.3) is 0 Å². The van der Waals surface area contributed by atoms with Gasteiger partial charge in [-0.2, -0.15) is 0 Å². The van der Waals surface area contributed by atoms with Crippen LogP contribution in [0.5, 0.6) is 0 Å². The molecule has 0 aliphatic heterocycles. The topological polar surface area (TPSA) is 68.1 Å². The van der Waals surface area contributed by atoms with Crippen LogP contribution < -0.4 is 5.32 Å². The van der Waals surface area contributed by atoms with Crippen LogP contribution in [-0.2, 0) is 6.42 Å². The van der Waals surface area contributed by atoms with Gasteiger partial charge in [0.05, 0.1) is 4.92 Å². The van der Waals surface area contributed by atoms with E-state index in [0.29, 0.717) is 12.4 Å². The molecule has 1 aromatic carbocycles. The lowest BCUT2D eigenvalue weighted by atomic mass is 10.1. The molecule has 0 atom stereocenters. The van der Waals surface area contributed by atoms with E-state index in [1.807, 2.05) is 18.2 Å². The van der Waals surface area contributed by atoms with Crippen molar-refractivity contribution in [3.63, 3.8) is 0 Å². The van der Waals surface area contributed by atoms with Crippen molar-refractivity contribution in [1.82, 2.24) is 4.98 Å². The van der Waals surface area contributed by atoms with E-state index in [2.05, 4.69) is 22.4 Å². The maximum absolute atomic E-state index is 11.0. The largest absolute Gasteiger partial charge is 0.364 e. The lowest BCUT2D eigenvalue weighted by Gasteiger charge is -2.06. The van der Waals surface area contributed by atoms with Crippen molar-refractivity contribution < 1.29 is 4.92 Å². The molecule has 0 radical (unpaired) electrons. The number of aryl methyl sites for hydroxylation is 2. The highest BCUT2D eigenvalue weighted by Crippen LogP contribution is 2.22. The Balaban J connectivity index is 1.90. The summed E-state index contributed by atoms with van der Waals surface area (Å²) >= 11 is 0. The summed E-state index contributed by atoms with van der Waals surface area (Å²) in [6.45, 7) is 2.45. The van der Waals surface area contributed by atoms with Gasteiger partial charge in [-0.05, 0) is 30.9 Å². The van der Waals surface area contributed by atoms with Crippen molar-refractivity contribution in [2.24, 2.45) is 0 Å². The van der Waals surface area contributed by atoms with Crippen molar-refractivity contribution >= 4 is 11.5 Å². The maximum Gasteiger partial charge on any atom is 0.311 e. The molecule has 2 rings (SSSR count). The number of anilines is 1. The number of rotatable bonds is 6. The number of hydrogen-bond donors (Lipinski definition) is 1. The Morgan fingerprint density at radius 1 is 1.30 bits per heavy atom. The minimum absolute atomic E-state index is 0.0321. The van der Waals surface area contributed by atoms with Crippen LogP contribution in [0.4, 0.5) is 11.5 Å². The minimum Gasteiger partial charge on any atom is -0.364 e. The molecule has 0 spiro atoms. The zero-order chi connectivity index (χ0) is 14.4. The maximum atomic E-state index is 11.0. The normalized spacial score (nSPS) is 10.2. The lowest BCUT2D eigenvalue weighted by molar-refractivity contribution is -0.384. The van der Waals surface area contributed by atoms with E-state index in [-0.39, 0.29) is 5.69 Å². The highest BCUT2D eigenvalue weighted by atomic mass is 16.6. The summed E-state index contributed by atoms with van der Waals surface area (Å²) in [5.74, 6) is 0.341. The summed E-state index contributed by atoms with van der Waals surface area (Å²) in [4.78, 5) is 14.6. The van der Waals surface area contributed by atoms with Gasteiger partial charge in [0.15, 0.2) is 0 Å². The van der Waals surface area contributed by atoms with Crippen LogP contribution in [0.15, 0.2) is 42.6 Å². The molecule has 1 heterocycles. The highest BCUT2D eigenvalue weighted by molar-refractivity contribution is 5.56. The number of nitrogens with one attached hydrogen (secondary N) is 1. The molecule has 0 bridgehead atoms. The molecule has 0 unspecified atom stereocenters. The van der Waals surface area contributed by atoms with E-state index in [4.69, 9.17) is 0 Å². The number of nitro groups is 1. The zero-order valence-corrected chi connectivity index (χ0v) is 11.4. The fourth-order valence-electron chi connectivity index (χ4n) is 1.97. The smallest absolute Gasteiger partial charge is 0.311 e. The van der Waals surface area contributed by atoms with Crippen molar-refractivity contribution in [2.45, 2.75) is 19.8 Å². The third-order valence-electron chi connectivity index (χ3n) is 2.98. The van der Waals surface area contributed by atoms with Crippen LogP contribution in [0.3, 0.4) is 0 Å². The van der Waals surface area contributed by atoms with Crippen LogP contribution in [0, 0.1) is 17.0 Å². The first-order chi connectivity index (χ1) is 9.66. The third kappa shape index (κ3) is 3.78. The highest BCUT2D eigenvalue weighted by Gasteiger charge is 2.14. The van der Waals surface area contributed by atoms with Crippen LogP contribution >= 0.6 is 0 Å². The molecule has 0 saturated heterocycles. The molecule has 5 heteroatoms. The Bertz CT molecular complexity index is 585. The SMILES string of the molecule is Cc1cnc(NCCCc2ccccc2)c([N+](=O)[O-])c1. The van der Waals surface area contributed by atoms with Crippen LogP contribution in [0.1, 0.15) is 17.5 Å². The first kappa shape index (κ1) is 14.0. The van der Waals surface area contributed by atoms with Crippen molar-refractivity contribution in [3.8, 4) is 0 Å². The Kier molecular flexibility index (Phi) is 4.65. The van der Waals surface area contributed by atoms with Gasteiger partial charge in [-0.1, -0.05) is 30.3 Å². The van der Waals surface area contributed by atoms with E-state index < -0.39 is 4.92 Å². The molecular weight excluding hydrogens is 254 g/mol. The van der Waals surface area contributed by atoms with Crippen molar-refractivity contribution in [3.05, 3.63) is 63.8 Å². The molecule has 0 aliphatic rings. The fourth-order valence-corrected chi connectivity index (χ4v) is 1.97. The number of hydrogen-bond acceptors (Lipinski definition) is 4. The van der Waals surface area contributed by atoms with E-state index in [1.54, 1.807) is 13.1 Å². The number of benzene rings is 1. The summed E-state index contributed by atoms with van der Waals surface area (Å²) < 4.78 is 0. The number of pyridine rings is 1. The summed E-state index contributed by atoms with van der Waals surface area (Å²) in [6.07, 6.45) is 3.47. The average Bonchev–Trinajstić information content (AvgIpc) is 2.45. The molecule has 0 amide bonds. The fraction of sp³-hybridized carbons (Fsp3) is 0.267. The zero-order valence-electron chi connectivity index (χ0n) is 11.4. The van der Waals surface area contributed by atoms with E-state index in [0.717, 1.165) is 18.4 Å². The summed E-state index contributed by atoms with van der Waals surface area (Å²) in [5, 5.41) is 14.0. The molecule has 0 saturated carbocycles. The van der Waals surface area contributed by atoms with Crippen molar-refractivity contribution in [2.75, 3.05) is 11.9 Å². The number of aromatic nitrogens is 1. The van der Waals surface area contributed by atoms with Gasteiger partial charge in [0.2, 0.25) is 5.82 Å². The summed E-state index contributed by atoms with van der Waals surface area (Å²) in [7, 11) is 0. The first-order valence-electron chi connectivity index (χ1n) is 6.55. The molecule has 1 aromatic heterocycles. The molecule has 0 aliphatic carbocycles. The monoisotopic (exact) mass is 271 g/mol. The van der Waals surface area contributed by atoms with Gasteiger partial charge < -0.3 is 5.32 Å². The van der Waals surface area contributed by atoms with E-state index in [9.17, 15) is 10.1 Å². The van der Waals surface area contributed by atoms with Crippen LogP contribution in [0.2, 0.25) is 0 Å². The van der Waals surface area contributed by atoms with E-state index >= 15 is 0 Å². The molecule has 20 heavy (non-hydrogen) atoms. The second-order valence-corrected chi connectivity index (χ2v) is 4.65. The molecule has 1 N–H and O–H groups in total. The molecular formula is C15H17N3O2. The van der Waals surface area contributed by atoms with Crippen LogP contribution in [-0.4, -0.2) is 16.5 Å². The van der Waals surface area contributed by atoms with E-state index in [1.165, 1.54) is 11.6 Å². The average molecular weight is 271 g/mol. The quantitative estimate of drug-likeness (QED) is 0.497. The van der Waals surface area contributed by atoms with Crippen molar-refractivity contribution in [1.29, 1.82) is 0 Å². The van der Waals surface area contributed by atoms with Gasteiger partial charge in [0.1, 0.15) is 0 Å². The molecule has 5 nitrogen and oxygen atoms in total. The third-order valence-corrected chi connectivity index (χ3v) is 2.98. The Morgan fingerprint density at radius 3 is 2.75 bits per heavy atom. The Hall–Kier alpha value is -2.43. The Morgan fingerprint density at radius 2 is 2.05 bits per heavy atom. The van der Waals surface area contributed by atoms with Gasteiger partial charge >= 0.3 is 5.69 Å². The first-order valence-corrected chi connectivity index (χ1v) is 6.55. The molecule has 0 fully saturated rings. The van der Waals surface area contributed by atoms with Gasteiger partial charge in [-0.15, -0.1) is 0 Å². The molecule has 2 aromatic rings. The van der Waals surface area contributed by atoms with Gasteiger partial charge in [-0.3, -0.25) is 10.1 Å². The second-order valence-electron chi connectivity index (χ2n) is 4.65. The van der Waals surface area contributed by atoms with Gasteiger partial charge in [0, 0.05) is 18.8 Å². The minimum atomic E-state index is -0.403. The predicted molar refractivity (Wildman–Crippen MR) is 78.9 cm³/mol. The Labute approximate surface area is 117 Å². The standard InChI is InChI=1S/C15H17N3O2/c1-12-10-14(18(19)20)15(17-11-12)16-9-5-8-13-6-3-2-4-7-13/h2-4,6-7,10-11H,5,8-9H2,1H3,(H,16,17). The van der Waals surface area contributed by atoms with Gasteiger partial charge in [-0.25, -0.2) is 4.98 Å². The lowest BCUT2D eigenvalue weighted by Crippen LogP contribution is -2.07. The number of nitrogens with zero attached hydrogens (tertiary/aromatic N) is 2. The summed E-state index contributed by atoms with van der Waals surface area (Å²) in [6, 6.07) is 11.7. The summed E-state index contributed by atoms with van der Waals surface area (Å²) in [5.41, 5.74) is 2.08. The van der Waals surface area contributed by atoms with Crippen LogP contribution in [0.25, 0.3) is 0 Å². The second kappa shape index (κ2) is 6.65. The predicted octanol–water partition coefficient (Wildman–Crippen LogP) is 3.34.